The molecule has 4 heteroatoms. The minimum absolute atomic E-state index is 0.322. The number of hydrogen-bond acceptors (Lipinski definition) is 3. The molecular weight excluding hydrogens is 209 g/mol. The second kappa shape index (κ2) is 5.27. The van der Waals surface area contributed by atoms with Crippen LogP contribution in [0.5, 0.6) is 5.75 Å². The van der Waals surface area contributed by atoms with Crippen LogP contribution in [-0.4, -0.2) is 16.3 Å². The van der Waals surface area contributed by atoms with Crippen LogP contribution >= 0.6 is 0 Å². The summed E-state index contributed by atoms with van der Waals surface area (Å²) in [6, 6.07) is 3.29. The number of halogens is 1. The highest BCUT2D eigenvalue weighted by Crippen LogP contribution is 2.23. The van der Waals surface area contributed by atoms with Gasteiger partial charge in [-0.25, -0.2) is 4.39 Å². The zero-order valence-electron chi connectivity index (χ0n) is 9.52. The fourth-order valence-electron chi connectivity index (χ4n) is 1.58. The molecule has 4 N–H and O–H groups in total. The van der Waals surface area contributed by atoms with Crippen molar-refractivity contribution in [1.82, 2.24) is 0 Å². The van der Waals surface area contributed by atoms with Crippen LogP contribution in [0.25, 0.3) is 0 Å². The van der Waals surface area contributed by atoms with Crippen LogP contribution in [0.1, 0.15) is 31.9 Å². The predicted molar refractivity (Wildman–Crippen MR) is 60.5 cm³/mol. The number of phenolic OH excluding ortho intramolecular Hbond substituents is 1. The monoisotopic (exact) mass is 227 g/mol. The van der Waals surface area contributed by atoms with E-state index in [1.807, 2.05) is 13.8 Å². The van der Waals surface area contributed by atoms with Gasteiger partial charge in [-0.05, 0) is 30.0 Å². The van der Waals surface area contributed by atoms with E-state index in [1.165, 1.54) is 12.1 Å². The maximum absolute atomic E-state index is 13.1. The summed E-state index contributed by atoms with van der Waals surface area (Å²) < 4.78 is 13.1. The van der Waals surface area contributed by atoms with E-state index in [0.29, 0.717) is 17.9 Å². The van der Waals surface area contributed by atoms with Crippen LogP contribution in [0.2, 0.25) is 0 Å². The van der Waals surface area contributed by atoms with E-state index >= 15 is 0 Å². The van der Waals surface area contributed by atoms with Gasteiger partial charge in [0.05, 0.1) is 12.1 Å². The van der Waals surface area contributed by atoms with Crippen LogP contribution in [-0.2, 0) is 0 Å². The van der Waals surface area contributed by atoms with E-state index in [2.05, 4.69) is 0 Å². The summed E-state index contributed by atoms with van der Waals surface area (Å²) in [5, 5.41) is 18.8. The van der Waals surface area contributed by atoms with Crippen LogP contribution in [0.15, 0.2) is 18.2 Å². The summed E-state index contributed by atoms with van der Waals surface area (Å²) in [6.45, 7) is 3.96. The Morgan fingerprint density at radius 2 is 2.00 bits per heavy atom. The fraction of sp³-hybridized carbons (Fsp3) is 0.500. The van der Waals surface area contributed by atoms with Gasteiger partial charge in [0.15, 0.2) is 11.6 Å². The maximum atomic E-state index is 13.1. The van der Waals surface area contributed by atoms with E-state index in [9.17, 15) is 9.50 Å². The van der Waals surface area contributed by atoms with Gasteiger partial charge in [0.25, 0.3) is 0 Å². The molecule has 3 nitrogen and oxygen atoms in total. The SMILES string of the molecule is CC(C)C[C@@H](O)[C@@H](N)c1ccc(O)c(F)c1. The molecule has 0 heterocycles. The van der Waals surface area contributed by atoms with Crippen molar-refractivity contribution in [2.75, 3.05) is 0 Å². The molecule has 0 saturated heterocycles. The number of aliphatic hydroxyl groups is 1. The average Bonchev–Trinajstić information content (AvgIpc) is 2.20. The standard InChI is InChI=1S/C12H18FNO2/c1-7(2)5-11(16)12(14)8-3-4-10(15)9(13)6-8/h3-4,6-7,11-12,15-16H,5,14H2,1-2H3/t11-,12+/m1/s1. The lowest BCUT2D eigenvalue weighted by Gasteiger charge is -2.20. The summed E-state index contributed by atoms with van der Waals surface area (Å²) in [7, 11) is 0. The fourth-order valence-corrected chi connectivity index (χ4v) is 1.58. The minimum Gasteiger partial charge on any atom is -0.505 e. The first-order valence-corrected chi connectivity index (χ1v) is 5.34. The molecule has 0 amide bonds. The van der Waals surface area contributed by atoms with Gasteiger partial charge in [0, 0.05) is 0 Å². The van der Waals surface area contributed by atoms with Crippen LogP contribution in [0.3, 0.4) is 0 Å². The summed E-state index contributed by atoms with van der Waals surface area (Å²) in [5.41, 5.74) is 6.30. The molecule has 1 aromatic carbocycles. The molecule has 1 rings (SSSR count). The molecule has 0 spiro atoms. The zero-order valence-corrected chi connectivity index (χ0v) is 9.52. The quantitative estimate of drug-likeness (QED) is 0.736. The molecule has 90 valence electrons. The molecular formula is C12H18FNO2. The lowest BCUT2D eigenvalue weighted by Crippen LogP contribution is -2.27. The van der Waals surface area contributed by atoms with E-state index in [1.54, 1.807) is 0 Å². The van der Waals surface area contributed by atoms with E-state index < -0.39 is 23.7 Å². The van der Waals surface area contributed by atoms with Gasteiger partial charge in [-0.1, -0.05) is 19.9 Å². The topological polar surface area (TPSA) is 66.5 Å². The third-order valence-corrected chi connectivity index (χ3v) is 2.48. The lowest BCUT2D eigenvalue weighted by atomic mass is 9.95. The van der Waals surface area contributed by atoms with E-state index in [-0.39, 0.29) is 0 Å². The van der Waals surface area contributed by atoms with Crippen LogP contribution in [0.4, 0.5) is 4.39 Å². The predicted octanol–water partition coefficient (Wildman–Crippen LogP) is 1.94. The second-order valence-corrected chi connectivity index (χ2v) is 4.43. The minimum atomic E-state index is -0.718. The van der Waals surface area contributed by atoms with Crippen LogP contribution in [0, 0.1) is 11.7 Å². The summed E-state index contributed by atoms with van der Waals surface area (Å²) in [6.07, 6.45) is -0.145. The number of benzene rings is 1. The molecule has 0 unspecified atom stereocenters. The van der Waals surface area contributed by atoms with E-state index in [0.717, 1.165) is 6.07 Å². The number of hydrogen-bond donors (Lipinski definition) is 3. The van der Waals surface area contributed by atoms with Gasteiger partial charge in [0.2, 0.25) is 0 Å². The average molecular weight is 227 g/mol. The molecule has 0 saturated carbocycles. The Hall–Kier alpha value is -1.13. The molecule has 0 aromatic heterocycles. The van der Waals surface area contributed by atoms with Crippen molar-refractivity contribution in [3.8, 4) is 5.75 Å². The third kappa shape index (κ3) is 3.18. The largest absolute Gasteiger partial charge is 0.505 e. The zero-order chi connectivity index (χ0) is 12.3. The van der Waals surface area contributed by atoms with Crippen molar-refractivity contribution >= 4 is 0 Å². The van der Waals surface area contributed by atoms with Gasteiger partial charge < -0.3 is 15.9 Å². The molecule has 0 fully saturated rings. The van der Waals surface area contributed by atoms with Crippen molar-refractivity contribution < 1.29 is 14.6 Å². The molecule has 0 radical (unpaired) electrons. The Kier molecular flexibility index (Phi) is 4.26. The van der Waals surface area contributed by atoms with Crippen molar-refractivity contribution in [3.63, 3.8) is 0 Å². The Labute approximate surface area is 94.7 Å². The Morgan fingerprint density at radius 1 is 1.38 bits per heavy atom. The molecule has 0 bridgehead atoms. The Morgan fingerprint density at radius 3 is 2.50 bits per heavy atom. The highest BCUT2D eigenvalue weighted by Gasteiger charge is 2.19. The van der Waals surface area contributed by atoms with Gasteiger partial charge in [0.1, 0.15) is 0 Å². The Balaban J connectivity index is 2.79. The van der Waals surface area contributed by atoms with Crippen molar-refractivity contribution in [2.24, 2.45) is 11.7 Å². The number of aromatic hydroxyl groups is 1. The number of rotatable bonds is 4. The molecule has 0 aliphatic rings. The van der Waals surface area contributed by atoms with Gasteiger partial charge in [-0.3, -0.25) is 0 Å². The number of aliphatic hydroxyl groups excluding tert-OH is 1. The molecule has 0 aliphatic carbocycles. The number of phenols is 1. The van der Waals surface area contributed by atoms with Crippen LogP contribution < -0.4 is 5.73 Å². The number of nitrogens with two attached hydrogens (primary N) is 1. The van der Waals surface area contributed by atoms with Gasteiger partial charge in [-0.2, -0.15) is 0 Å². The smallest absolute Gasteiger partial charge is 0.165 e. The van der Waals surface area contributed by atoms with Crippen molar-refractivity contribution in [1.29, 1.82) is 0 Å². The van der Waals surface area contributed by atoms with Gasteiger partial charge >= 0.3 is 0 Å². The van der Waals surface area contributed by atoms with Crippen molar-refractivity contribution in [3.05, 3.63) is 29.6 Å². The lowest BCUT2D eigenvalue weighted by molar-refractivity contribution is 0.121. The molecule has 1 aromatic rings. The summed E-state index contributed by atoms with van der Waals surface area (Å²) in [5.74, 6) is -0.804. The second-order valence-electron chi connectivity index (χ2n) is 4.43. The highest BCUT2D eigenvalue weighted by atomic mass is 19.1. The summed E-state index contributed by atoms with van der Waals surface area (Å²) in [4.78, 5) is 0. The van der Waals surface area contributed by atoms with Gasteiger partial charge in [-0.15, -0.1) is 0 Å². The highest BCUT2D eigenvalue weighted by molar-refractivity contribution is 5.30. The maximum Gasteiger partial charge on any atom is 0.165 e. The first-order valence-electron chi connectivity index (χ1n) is 5.34. The van der Waals surface area contributed by atoms with Crippen molar-refractivity contribution in [2.45, 2.75) is 32.4 Å². The molecule has 0 aliphatic heterocycles. The first-order chi connectivity index (χ1) is 7.41. The Bertz CT molecular complexity index is 355. The first kappa shape index (κ1) is 12.9. The third-order valence-electron chi connectivity index (χ3n) is 2.48. The summed E-state index contributed by atoms with van der Waals surface area (Å²) >= 11 is 0. The normalized spacial score (nSPS) is 15.1. The molecule has 16 heavy (non-hydrogen) atoms. The molecule has 2 atom stereocenters. The van der Waals surface area contributed by atoms with E-state index in [4.69, 9.17) is 10.8 Å².